The van der Waals surface area contributed by atoms with Gasteiger partial charge in [0.1, 0.15) is 5.82 Å². The molecule has 0 heterocycles. The van der Waals surface area contributed by atoms with E-state index in [0.717, 1.165) is 0 Å². The van der Waals surface area contributed by atoms with Gasteiger partial charge in [-0.15, -0.1) is 0 Å². The van der Waals surface area contributed by atoms with Gasteiger partial charge in [-0.25, -0.2) is 4.39 Å². The van der Waals surface area contributed by atoms with Crippen molar-refractivity contribution in [3.05, 3.63) is 34.1 Å². The number of hydrogen-bond acceptors (Lipinski definition) is 2. The van der Waals surface area contributed by atoms with E-state index in [1.807, 2.05) is 13.8 Å². The van der Waals surface area contributed by atoms with Crippen LogP contribution in [0.15, 0.2) is 22.7 Å². The molecule has 0 spiro atoms. The minimum Gasteiger partial charge on any atom is -0.481 e. The van der Waals surface area contributed by atoms with Gasteiger partial charge in [0.05, 0.1) is 5.56 Å². The molecule has 116 valence electrons. The van der Waals surface area contributed by atoms with E-state index in [4.69, 9.17) is 5.11 Å². The van der Waals surface area contributed by atoms with Gasteiger partial charge < -0.3 is 10.4 Å². The molecule has 0 radical (unpaired) electrons. The van der Waals surface area contributed by atoms with Gasteiger partial charge in [-0.1, -0.05) is 29.8 Å². The zero-order valence-corrected chi connectivity index (χ0v) is 13.6. The fourth-order valence-corrected chi connectivity index (χ4v) is 2.52. The van der Waals surface area contributed by atoms with Crippen LogP contribution in [0.5, 0.6) is 0 Å². The summed E-state index contributed by atoms with van der Waals surface area (Å²) in [5.74, 6) is -1.87. The SMILES string of the molecule is CC(C)C[C@H](CNC(=O)c1cc(Br)ccc1F)CC(=O)O. The largest absolute Gasteiger partial charge is 0.481 e. The molecule has 1 amide bonds. The quantitative estimate of drug-likeness (QED) is 0.783. The van der Waals surface area contributed by atoms with Crippen molar-refractivity contribution < 1.29 is 19.1 Å². The molecule has 2 N–H and O–H groups in total. The van der Waals surface area contributed by atoms with Gasteiger partial charge in [-0.05, 0) is 36.5 Å². The molecular weight excluding hydrogens is 341 g/mol. The highest BCUT2D eigenvalue weighted by Crippen LogP contribution is 2.17. The number of halogens is 2. The molecule has 0 aromatic heterocycles. The van der Waals surface area contributed by atoms with Crippen molar-refractivity contribution in [2.75, 3.05) is 6.54 Å². The number of carboxylic acids is 1. The van der Waals surface area contributed by atoms with Crippen molar-refractivity contribution >= 4 is 27.8 Å². The van der Waals surface area contributed by atoms with E-state index in [2.05, 4.69) is 21.2 Å². The van der Waals surface area contributed by atoms with Crippen LogP contribution in [0.1, 0.15) is 37.0 Å². The van der Waals surface area contributed by atoms with Gasteiger partial charge in [0.2, 0.25) is 0 Å². The van der Waals surface area contributed by atoms with Crippen molar-refractivity contribution in [2.45, 2.75) is 26.7 Å². The van der Waals surface area contributed by atoms with Crippen LogP contribution in [0.2, 0.25) is 0 Å². The molecule has 1 aromatic carbocycles. The molecule has 21 heavy (non-hydrogen) atoms. The predicted molar refractivity (Wildman–Crippen MR) is 81.6 cm³/mol. The van der Waals surface area contributed by atoms with E-state index in [0.29, 0.717) is 16.8 Å². The summed E-state index contributed by atoms with van der Waals surface area (Å²) < 4.78 is 14.2. The van der Waals surface area contributed by atoms with E-state index in [-0.39, 0.29) is 24.4 Å². The molecule has 0 aliphatic heterocycles. The Labute approximate surface area is 131 Å². The fourth-order valence-electron chi connectivity index (χ4n) is 2.16. The zero-order valence-electron chi connectivity index (χ0n) is 12.0. The third-order valence-corrected chi connectivity index (χ3v) is 3.49. The van der Waals surface area contributed by atoms with Crippen LogP contribution in [0.3, 0.4) is 0 Å². The molecule has 0 unspecified atom stereocenters. The molecule has 1 atom stereocenters. The summed E-state index contributed by atoms with van der Waals surface area (Å²) in [5, 5.41) is 11.5. The Balaban J connectivity index is 2.68. The van der Waals surface area contributed by atoms with Crippen molar-refractivity contribution in [1.82, 2.24) is 5.32 Å². The van der Waals surface area contributed by atoms with Crippen molar-refractivity contribution in [1.29, 1.82) is 0 Å². The first-order valence-corrected chi connectivity index (χ1v) is 7.54. The molecule has 0 saturated heterocycles. The van der Waals surface area contributed by atoms with E-state index in [1.54, 1.807) is 0 Å². The van der Waals surface area contributed by atoms with Crippen LogP contribution in [0.4, 0.5) is 4.39 Å². The van der Waals surface area contributed by atoms with Crippen LogP contribution in [-0.2, 0) is 4.79 Å². The topological polar surface area (TPSA) is 66.4 Å². The summed E-state index contributed by atoms with van der Waals surface area (Å²) in [6.07, 6.45) is 0.674. The molecule has 0 fully saturated rings. The van der Waals surface area contributed by atoms with Crippen LogP contribution >= 0.6 is 15.9 Å². The highest BCUT2D eigenvalue weighted by Gasteiger charge is 2.18. The lowest BCUT2D eigenvalue weighted by atomic mass is 9.94. The van der Waals surface area contributed by atoms with E-state index in [1.165, 1.54) is 18.2 Å². The lowest BCUT2D eigenvalue weighted by Crippen LogP contribution is -2.31. The smallest absolute Gasteiger partial charge is 0.303 e. The van der Waals surface area contributed by atoms with Gasteiger partial charge in [0.25, 0.3) is 5.91 Å². The van der Waals surface area contributed by atoms with Crippen LogP contribution in [0, 0.1) is 17.7 Å². The first kappa shape index (κ1) is 17.6. The Morgan fingerprint density at radius 1 is 1.38 bits per heavy atom. The lowest BCUT2D eigenvalue weighted by molar-refractivity contribution is -0.138. The number of amides is 1. The minimum absolute atomic E-state index is 0.0145. The third kappa shape index (κ3) is 6.25. The second-order valence-electron chi connectivity index (χ2n) is 5.43. The molecule has 0 aliphatic rings. The normalized spacial score (nSPS) is 12.2. The summed E-state index contributed by atoms with van der Waals surface area (Å²) in [5.41, 5.74) is -0.0528. The van der Waals surface area contributed by atoms with Crippen molar-refractivity contribution in [2.24, 2.45) is 11.8 Å². The van der Waals surface area contributed by atoms with Gasteiger partial charge >= 0.3 is 5.97 Å². The molecule has 0 bridgehead atoms. The first-order chi connectivity index (χ1) is 9.79. The Bertz CT molecular complexity index is 520. The number of carbonyl (C=O) groups is 2. The summed E-state index contributed by atoms with van der Waals surface area (Å²) in [4.78, 5) is 22.8. The highest BCUT2D eigenvalue weighted by atomic mass is 79.9. The van der Waals surface area contributed by atoms with Gasteiger partial charge in [0, 0.05) is 17.4 Å². The first-order valence-electron chi connectivity index (χ1n) is 6.74. The Morgan fingerprint density at radius 3 is 2.62 bits per heavy atom. The van der Waals surface area contributed by atoms with Gasteiger partial charge in [-0.2, -0.15) is 0 Å². The number of carbonyl (C=O) groups excluding carboxylic acids is 1. The summed E-state index contributed by atoms with van der Waals surface area (Å²) in [6, 6.07) is 4.12. The molecule has 0 aliphatic carbocycles. The van der Waals surface area contributed by atoms with E-state index >= 15 is 0 Å². The number of rotatable bonds is 7. The second-order valence-corrected chi connectivity index (χ2v) is 6.34. The standard InChI is InChI=1S/C15H19BrFNO3/c1-9(2)5-10(6-14(19)20)8-18-15(21)12-7-11(16)3-4-13(12)17/h3-4,7,9-10H,5-6,8H2,1-2H3,(H,18,21)(H,19,20)/t10-/m0/s1. The Kier molecular flexibility index (Phi) is 6.81. The summed E-state index contributed by atoms with van der Waals surface area (Å²) in [7, 11) is 0. The van der Waals surface area contributed by atoms with Crippen molar-refractivity contribution in [3.8, 4) is 0 Å². The van der Waals surface area contributed by atoms with Gasteiger partial charge in [-0.3, -0.25) is 9.59 Å². The molecule has 1 aromatic rings. The maximum atomic E-state index is 13.6. The summed E-state index contributed by atoms with van der Waals surface area (Å²) in [6.45, 7) is 4.20. The highest BCUT2D eigenvalue weighted by molar-refractivity contribution is 9.10. The Hall–Kier alpha value is -1.43. The van der Waals surface area contributed by atoms with E-state index in [9.17, 15) is 14.0 Å². The van der Waals surface area contributed by atoms with Crippen molar-refractivity contribution in [3.63, 3.8) is 0 Å². The second kappa shape index (κ2) is 8.12. The van der Waals surface area contributed by atoms with Gasteiger partial charge in [0.15, 0.2) is 0 Å². The number of hydrogen-bond donors (Lipinski definition) is 2. The monoisotopic (exact) mass is 359 g/mol. The maximum Gasteiger partial charge on any atom is 0.303 e. The average Bonchev–Trinajstić information content (AvgIpc) is 2.37. The van der Waals surface area contributed by atoms with Crippen LogP contribution in [0.25, 0.3) is 0 Å². The molecule has 1 rings (SSSR count). The van der Waals surface area contributed by atoms with Crippen LogP contribution in [-0.4, -0.2) is 23.5 Å². The van der Waals surface area contributed by atoms with E-state index < -0.39 is 17.7 Å². The number of benzene rings is 1. The maximum absolute atomic E-state index is 13.6. The molecule has 6 heteroatoms. The number of carboxylic acid groups (broad SMARTS) is 1. The van der Waals surface area contributed by atoms with Crippen LogP contribution < -0.4 is 5.32 Å². The average molecular weight is 360 g/mol. The number of nitrogens with one attached hydrogen (secondary N) is 1. The lowest BCUT2D eigenvalue weighted by Gasteiger charge is -2.18. The number of aliphatic carboxylic acids is 1. The molecular formula is C15H19BrFNO3. The minimum atomic E-state index is -0.900. The predicted octanol–water partition coefficient (Wildman–Crippen LogP) is 3.46. The summed E-state index contributed by atoms with van der Waals surface area (Å²) >= 11 is 3.19. The fraction of sp³-hybridized carbons (Fsp3) is 0.467. The molecule has 0 saturated carbocycles. The Morgan fingerprint density at radius 2 is 2.05 bits per heavy atom. The molecule has 4 nitrogen and oxygen atoms in total. The third-order valence-electron chi connectivity index (χ3n) is 2.99. The zero-order chi connectivity index (χ0) is 16.0.